The third kappa shape index (κ3) is 8.23. The molecule has 2 aliphatic rings. The summed E-state index contributed by atoms with van der Waals surface area (Å²) < 4.78 is 14.9. The summed E-state index contributed by atoms with van der Waals surface area (Å²) in [5.41, 5.74) is 25.4. The summed E-state index contributed by atoms with van der Waals surface area (Å²) in [5.74, 6) is 0.841. The molecule has 0 bridgehead atoms. The van der Waals surface area contributed by atoms with E-state index in [0.717, 1.165) is 66.4 Å². The van der Waals surface area contributed by atoms with Gasteiger partial charge in [-0.2, -0.15) is 0 Å². The molecule has 422 valence electrons. The van der Waals surface area contributed by atoms with Gasteiger partial charge in [0.05, 0.1) is 34.1 Å². The molecule has 12 aromatic carbocycles. The van der Waals surface area contributed by atoms with E-state index in [4.69, 9.17) is 8.83 Å². The zero-order valence-electron chi connectivity index (χ0n) is 50.4. The Balaban J connectivity index is 1.03. The highest BCUT2D eigenvalue weighted by Gasteiger charge is 2.33. The molecule has 2 aliphatic carbocycles. The summed E-state index contributed by atoms with van der Waals surface area (Å²) in [6.45, 7) is 13.6. The largest absolute Gasteiger partial charge is 0.453 e. The Morgan fingerprint density at radius 1 is 0.279 bits per heavy atom. The number of benzene rings is 12. The lowest BCUT2D eigenvalue weighted by Crippen LogP contribution is -2.16. The number of para-hydroxylation sites is 6. The summed E-state index contributed by atoms with van der Waals surface area (Å²) in [6.07, 6.45) is 12.3. The van der Waals surface area contributed by atoms with Crippen molar-refractivity contribution < 1.29 is 8.83 Å². The molecule has 2 heterocycles. The van der Waals surface area contributed by atoms with Gasteiger partial charge < -0.3 is 18.6 Å². The minimum Gasteiger partial charge on any atom is -0.453 e. The van der Waals surface area contributed by atoms with Crippen molar-refractivity contribution in [2.75, 3.05) is 9.80 Å². The molecular weight excluding hydrogens is 1040 g/mol. The third-order valence-corrected chi connectivity index (χ3v) is 20.2. The van der Waals surface area contributed by atoms with Gasteiger partial charge in [-0.25, -0.2) is 0 Å². The second-order valence-electron chi connectivity index (χ2n) is 25.4. The van der Waals surface area contributed by atoms with E-state index in [9.17, 15) is 0 Å². The average Bonchev–Trinajstić information content (AvgIpc) is 0.759. The van der Waals surface area contributed by atoms with Crippen LogP contribution in [0, 0.1) is 41.5 Å². The lowest BCUT2D eigenvalue weighted by molar-refractivity contribution is 0.445. The van der Waals surface area contributed by atoms with Gasteiger partial charge in [-0.05, 0) is 181 Å². The van der Waals surface area contributed by atoms with E-state index in [1.165, 1.54) is 175 Å². The van der Waals surface area contributed by atoms with Crippen molar-refractivity contribution >= 4 is 110 Å². The molecule has 2 aromatic heterocycles. The normalized spacial score (nSPS) is 14.5. The first-order valence-corrected chi connectivity index (χ1v) is 31.7. The fraction of sp³-hybridized carbons (Fsp3) is 0.220. The summed E-state index contributed by atoms with van der Waals surface area (Å²) in [4.78, 5) is 5.22. The zero-order chi connectivity index (χ0) is 57.9. The topological polar surface area (TPSA) is 32.8 Å². The molecule has 2 fully saturated rings. The Morgan fingerprint density at radius 3 is 1.00 bits per heavy atom. The summed E-state index contributed by atoms with van der Waals surface area (Å²) in [5, 5.41) is 12.5. The molecule has 0 amide bonds. The lowest BCUT2D eigenvalue weighted by atomic mass is 9.77. The first-order chi connectivity index (χ1) is 42.2. The standard InChI is InChI=1S/C82H72N2O2/c1-49-23-13-15-33-57(49)61-35-19-37-63-65-39-21-41-71(81(65)85-79(61)63)83(77-51(3)25-17-26-52(77)4)73-47-69(55-29-9-7-10-30-55)59-44-46-68-74(48-70(56-31-11-8-12-32-56)60-43-45-67(73)75(59)76(60)68)84(78-53(5)27-18-28-54(78)6)72-42-22-40-66-64-38-20-36-62(80(64)86-82(66)72)58-34-16-14-24-50(58)2/h13-28,33-48,55-56H,7-12,29-32H2,1-6H3. The number of hydrogen-bond donors (Lipinski definition) is 0. The zero-order valence-corrected chi connectivity index (χ0v) is 50.4. The molecule has 4 nitrogen and oxygen atoms in total. The van der Waals surface area contributed by atoms with Crippen LogP contribution in [0.4, 0.5) is 34.1 Å². The van der Waals surface area contributed by atoms with Gasteiger partial charge in [-0.1, -0.05) is 208 Å². The van der Waals surface area contributed by atoms with Crippen molar-refractivity contribution in [3.05, 3.63) is 239 Å². The van der Waals surface area contributed by atoms with Crippen molar-refractivity contribution in [1.29, 1.82) is 0 Å². The van der Waals surface area contributed by atoms with Crippen LogP contribution in [0.3, 0.4) is 0 Å². The van der Waals surface area contributed by atoms with Gasteiger partial charge in [0.2, 0.25) is 0 Å². The maximum absolute atomic E-state index is 7.46. The highest BCUT2D eigenvalue weighted by atomic mass is 16.3. The van der Waals surface area contributed by atoms with Gasteiger partial charge in [0.25, 0.3) is 0 Å². The minimum atomic E-state index is 0.421. The Bertz CT molecular complexity index is 4650. The smallest absolute Gasteiger partial charge is 0.159 e. The fourth-order valence-corrected chi connectivity index (χ4v) is 16.1. The molecule has 0 radical (unpaired) electrons. The fourth-order valence-electron chi connectivity index (χ4n) is 16.1. The SMILES string of the molecule is Cc1ccccc1-c1cccc2c1oc1c(N(c3c(C)cccc3C)c3cc(C4CCCCC4)c4ccc5c(N(c6c(C)cccc6C)c6cccc7c6oc6c(-c8ccccc8C)cccc67)cc(C6CCCCC6)c6ccc3c4c65)cccc12. The van der Waals surface area contributed by atoms with Gasteiger partial charge in [0, 0.05) is 43.4 Å². The van der Waals surface area contributed by atoms with Crippen molar-refractivity contribution in [2.45, 2.75) is 118 Å². The number of rotatable bonds is 10. The van der Waals surface area contributed by atoms with Crippen LogP contribution in [0.15, 0.2) is 203 Å². The molecule has 4 heteroatoms. The maximum atomic E-state index is 7.46. The van der Waals surface area contributed by atoms with Crippen LogP contribution < -0.4 is 9.80 Å². The van der Waals surface area contributed by atoms with Crippen LogP contribution in [0.5, 0.6) is 0 Å². The van der Waals surface area contributed by atoms with E-state index in [1.54, 1.807) is 0 Å². The first kappa shape index (κ1) is 52.4. The highest BCUT2D eigenvalue weighted by Crippen LogP contribution is 2.56. The van der Waals surface area contributed by atoms with Crippen molar-refractivity contribution in [3.63, 3.8) is 0 Å². The van der Waals surface area contributed by atoms with Crippen molar-refractivity contribution in [2.24, 2.45) is 0 Å². The third-order valence-electron chi connectivity index (χ3n) is 20.2. The molecule has 16 rings (SSSR count). The van der Waals surface area contributed by atoms with Gasteiger partial charge in [0.15, 0.2) is 11.2 Å². The predicted molar refractivity (Wildman–Crippen MR) is 365 cm³/mol. The Kier molecular flexibility index (Phi) is 12.7. The molecular formula is C82H72N2O2. The van der Waals surface area contributed by atoms with E-state index in [0.29, 0.717) is 11.8 Å². The molecule has 2 saturated carbocycles. The second kappa shape index (κ2) is 20.8. The van der Waals surface area contributed by atoms with Gasteiger partial charge >= 0.3 is 0 Å². The van der Waals surface area contributed by atoms with Gasteiger partial charge in [0.1, 0.15) is 11.2 Å². The number of aryl methyl sites for hydroxylation is 6. The Morgan fingerprint density at radius 2 is 0.605 bits per heavy atom. The number of nitrogens with zero attached hydrogens (tertiary/aromatic N) is 2. The quantitative estimate of drug-likeness (QED) is 0.128. The van der Waals surface area contributed by atoms with Crippen molar-refractivity contribution in [3.8, 4) is 22.3 Å². The molecule has 0 N–H and O–H groups in total. The van der Waals surface area contributed by atoms with Gasteiger partial charge in [-0.3, -0.25) is 0 Å². The summed E-state index contributed by atoms with van der Waals surface area (Å²) >= 11 is 0. The Hall–Kier alpha value is -9.12. The van der Waals surface area contributed by atoms with E-state index < -0.39 is 0 Å². The van der Waals surface area contributed by atoms with E-state index in [1.807, 2.05) is 0 Å². The van der Waals surface area contributed by atoms with E-state index in [-0.39, 0.29) is 0 Å². The average molecular weight is 1120 g/mol. The molecule has 0 aliphatic heterocycles. The second-order valence-corrected chi connectivity index (χ2v) is 25.4. The first-order valence-electron chi connectivity index (χ1n) is 31.7. The summed E-state index contributed by atoms with van der Waals surface area (Å²) in [7, 11) is 0. The molecule has 14 aromatic rings. The lowest BCUT2D eigenvalue weighted by Gasteiger charge is -2.34. The van der Waals surface area contributed by atoms with Crippen LogP contribution in [-0.4, -0.2) is 0 Å². The minimum absolute atomic E-state index is 0.421. The van der Waals surface area contributed by atoms with E-state index >= 15 is 0 Å². The van der Waals surface area contributed by atoms with Crippen LogP contribution in [0.1, 0.15) is 121 Å². The van der Waals surface area contributed by atoms with Crippen LogP contribution in [-0.2, 0) is 0 Å². The summed E-state index contributed by atoms with van der Waals surface area (Å²) in [6, 6.07) is 73.3. The van der Waals surface area contributed by atoms with Gasteiger partial charge in [-0.15, -0.1) is 0 Å². The molecule has 0 saturated heterocycles. The molecule has 0 spiro atoms. The Labute approximate surface area is 504 Å². The predicted octanol–water partition coefficient (Wildman–Crippen LogP) is 24.6. The number of anilines is 6. The number of furan rings is 2. The van der Waals surface area contributed by atoms with Crippen LogP contribution in [0.2, 0.25) is 0 Å². The van der Waals surface area contributed by atoms with E-state index in [2.05, 4.69) is 245 Å². The molecule has 86 heavy (non-hydrogen) atoms. The monoisotopic (exact) mass is 1120 g/mol. The molecule has 0 atom stereocenters. The maximum Gasteiger partial charge on any atom is 0.159 e. The van der Waals surface area contributed by atoms with Crippen LogP contribution >= 0.6 is 0 Å². The van der Waals surface area contributed by atoms with Crippen molar-refractivity contribution in [1.82, 2.24) is 0 Å². The highest BCUT2D eigenvalue weighted by molar-refractivity contribution is 6.30. The van der Waals surface area contributed by atoms with Crippen LogP contribution in [0.25, 0.3) is 98.4 Å². The number of fused-ring (bicyclic) bond motifs is 6. The number of hydrogen-bond acceptors (Lipinski definition) is 4. The molecule has 0 unspecified atom stereocenters.